The van der Waals surface area contributed by atoms with Crippen LogP contribution in [0, 0.1) is 12.3 Å². The van der Waals surface area contributed by atoms with E-state index in [1.54, 1.807) is 7.11 Å². The van der Waals surface area contributed by atoms with E-state index in [2.05, 4.69) is 31.3 Å². The highest BCUT2D eigenvalue weighted by molar-refractivity contribution is 6.31. The van der Waals surface area contributed by atoms with Gasteiger partial charge in [-0.1, -0.05) is 23.7 Å². The van der Waals surface area contributed by atoms with Crippen LogP contribution in [0.4, 0.5) is 0 Å². The summed E-state index contributed by atoms with van der Waals surface area (Å²) < 4.78 is 10.9. The van der Waals surface area contributed by atoms with Gasteiger partial charge in [0, 0.05) is 37.2 Å². The monoisotopic (exact) mass is 311 g/mol. The minimum absolute atomic E-state index is 0.118. The van der Waals surface area contributed by atoms with Gasteiger partial charge in [0.15, 0.2) is 0 Å². The molecule has 1 N–H and O–H groups in total. The molecule has 0 bridgehead atoms. The Morgan fingerprint density at radius 1 is 1.48 bits per heavy atom. The van der Waals surface area contributed by atoms with Gasteiger partial charge in [-0.2, -0.15) is 0 Å². The summed E-state index contributed by atoms with van der Waals surface area (Å²) >= 11 is 6.42. The van der Waals surface area contributed by atoms with E-state index in [0.29, 0.717) is 0 Å². The van der Waals surface area contributed by atoms with Crippen LogP contribution in [0.25, 0.3) is 0 Å². The molecule has 1 aromatic carbocycles. The van der Waals surface area contributed by atoms with Crippen LogP contribution in [0.3, 0.4) is 0 Å². The van der Waals surface area contributed by atoms with Crippen LogP contribution < -0.4 is 5.32 Å². The van der Waals surface area contributed by atoms with E-state index in [4.69, 9.17) is 21.1 Å². The van der Waals surface area contributed by atoms with Crippen LogP contribution in [-0.4, -0.2) is 39.5 Å². The Balaban J connectivity index is 2.09. The number of nitrogens with one attached hydrogen (secondary N) is 1. The standard InChI is InChI=1S/C17H26ClNO2/c1-13-4-5-15(16(18)10-13)11-17(6-8-21-14(17)2)12-19-7-9-20-3/h4-5,10,14,19H,6-9,11-12H2,1-3H3. The van der Waals surface area contributed by atoms with Gasteiger partial charge in [0.1, 0.15) is 0 Å². The van der Waals surface area contributed by atoms with Crippen molar-refractivity contribution < 1.29 is 9.47 Å². The van der Waals surface area contributed by atoms with Gasteiger partial charge in [0.05, 0.1) is 12.7 Å². The maximum absolute atomic E-state index is 6.42. The Morgan fingerprint density at radius 3 is 2.90 bits per heavy atom. The zero-order valence-corrected chi connectivity index (χ0v) is 14.0. The largest absolute Gasteiger partial charge is 0.383 e. The number of aryl methyl sites for hydroxylation is 1. The lowest BCUT2D eigenvalue weighted by Gasteiger charge is -2.33. The summed E-state index contributed by atoms with van der Waals surface area (Å²) in [6.45, 7) is 7.60. The highest BCUT2D eigenvalue weighted by Crippen LogP contribution is 2.39. The third kappa shape index (κ3) is 4.19. The lowest BCUT2D eigenvalue weighted by Crippen LogP contribution is -2.42. The van der Waals surface area contributed by atoms with E-state index in [1.165, 1.54) is 11.1 Å². The molecule has 0 radical (unpaired) electrons. The maximum Gasteiger partial charge on any atom is 0.0619 e. The van der Waals surface area contributed by atoms with Crippen LogP contribution in [0.5, 0.6) is 0 Å². The summed E-state index contributed by atoms with van der Waals surface area (Å²) in [5.41, 5.74) is 2.53. The van der Waals surface area contributed by atoms with Gasteiger partial charge in [0.25, 0.3) is 0 Å². The van der Waals surface area contributed by atoms with Crippen molar-refractivity contribution in [1.82, 2.24) is 5.32 Å². The molecule has 4 heteroatoms. The van der Waals surface area contributed by atoms with Gasteiger partial charge in [0.2, 0.25) is 0 Å². The van der Waals surface area contributed by atoms with Crippen LogP contribution in [0.2, 0.25) is 5.02 Å². The number of ether oxygens (including phenoxy) is 2. The predicted molar refractivity (Wildman–Crippen MR) is 87.1 cm³/mol. The first-order valence-electron chi connectivity index (χ1n) is 7.64. The Morgan fingerprint density at radius 2 is 2.29 bits per heavy atom. The second-order valence-electron chi connectivity index (χ2n) is 6.07. The number of halogens is 1. The Hall–Kier alpha value is -0.610. The lowest BCUT2D eigenvalue weighted by molar-refractivity contribution is 0.0620. The van der Waals surface area contributed by atoms with E-state index in [-0.39, 0.29) is 11.5 Å². The Bertz CT molecular complexity index is 466. The molecule has 1 aliphatic heterocycles. The molecular formula is C17H26ClNO2. The number of benzene rings is 1. The molecule has 0 aliphatic carbocycles. The van der Waals surface area contributed by atoms with Crippen LogP contribution in [0.15, 0.2) is 18.2 Å². The highest BCUT2D eigenvalue weighted by Gasteiger charge is 2.41. The van der Waals surface area contributed by atoms with Gasteiger partial charge in [-0.15, -0.1) is 0 Å². The van der Waals surface area contributed by atoms with E-state index in [0.717, 1.165) is 44.2 Å². The second-order valence-corrected chi connectivity index (χ2v) is 6.47. The molecule has 3 nitrogen and oxygen atoms in total. The molecule has 1 saturated heterocycles. The second kappa shape index (κ2) is 7.59. The molecule has 118 valence electrons. The first kappa shape index (κ1) is 16.8. The summed E-state index contributed by atoms with van der Waals surface area (Å²) in [6.07, 6.45) is 2.26. The zero-order chi connectivity index (χ0) is 15.3. The molecule has 0 amide bonds. The van der Waals surface area contributed by atoms with Crippen molar-refractivity contribution in [3.8, 4) is 0 Å². The number of rotatable bonds is 7. The van der Waals surface area contributed by atoms with Gasteiger partial charge >= 0.3 is 0 Å². The smallest absolute Gasteiger partial charge is 0.0619 e. The van der Waals surface area contributed by atoms with Crippen molar-refractivity contribution in [2.45, 2.75) is 32.8 Å². The van der Waals surface area contributed by atoms with Crippen molar-refractivity contribution >= 4 is 11.6 Å². The molecule has 2 unspecified atom stereocenters. The lowest BCUT2D eigenvalue weighted by atomic mass is 9.76. The predicted octanol–water partition coefficient (Wildman–Crippen LogP) is 3.22. The van der Waals surface area contributed by atoms with Crippen molar-refractivity contribution in [3.63, 3.8) is 0 Å². The molecule has 2 atom stereocenters. The SMILES string of the molecule is COCCNCC1(Cc2ccc(C)cc2Cl)CCOC1C. The molecule has 1 aromatic rings. The molecule has 21 heavy (non-hydrogen) atoms. The number of methoxy groups -OCH3 is 1. The molecular weight excluding hydrogens is 286 g/mol. The third-order valence-corrected chi connectivity index (χ3v) is 4.89. The first-order valence-corrected chi connectivity index (χ1v) is 8.01. The molecule has 2 rings (SSSR count). The average Bonchev–Trinajstić information content (AvgIpc) is 2.80. The van der Waals surface area contributed by atoms with Crippen LogP contribution in [-0.2, 0) is 15.9 Å². The van der Waals surface area contributed by atoms with Crippen molar-refractivity contribution in [2.24, 2.45) is 5.41 Å². The summed E-state index contributed by atoms with van der Waals surface area (Å²) in [5, 5.41) is 4.37. The first-order chi connectivity index (χ1) is 10.1. The van der Waals surface area contributed by atoms with Gasteiger partial charge < -0.3 is 14.8 Å². The minimum atomic E-state index is 0.118. The summed E-state index contributed by atoms with van der Waals surface area (Å²) in [5.74, 6) is 0. The molecule has 0 aromatic heterocycles. The zero-order valence-electron chi connectivity index (χ0n) is 13.2. The maximum atomic E-state index is 6.42. The van der Waals surface area contributed by atoms with Crippen molar-refractivity contribution in [3.05, 3.63) is 34.3 Å². The fourth-order valence-electron chi connectivity index (χ4n) is 3.03. The van der Waals surface area contributed by atoms with Gasteiger partial charge in [-0.05, 0) is 43.9 Å². The summed E-state index contributed by atoms with van der Waals surface area (Å²) in [4.78, 5) is 0. The third-order valence-electron chi connectivity index (χ3n) is 4.54. The Kier molecular flexibility index (Phi) is 6.06. The minimum Gasteiger partial charge on any atom is -0.383 e. The molecule has 1 fully saturated rings. The van der Waals surface area contributed by atoms with E-state index >= 15 is 0 Å². The van der Waals surface area contributed by atoms with Crippen LogP contribution in [0.1, 0.15) is 24.5 Å². The topological polar surface area (TPSA) is 30.5 Å². The van der Waals surface area contributed by atoms with E-state index < -0.39 is 0 Å². The van der Waals surface area contributed by atoms with Crippen molar-refractivity contribution in [1.29, 1.82) is 0 Å². The van der Waals surface area contributed by atoms with Crippen LogP contribution >= 0.6 is 11.6 Å². The quantitative estimate of drug-likeness (QED) is 0.784. The molecule has 1 heterocycles. The number of hydrogen-bond acceptors (Lipinski definition) is 3. The average molecular weight is 312 g/mol. The molecule has 1 aliphatic rings. The van der Waals surface area contributed by atoms with Gasteiger partial charge in [-0.3, -0.25) is 0 Å². The molecule has 0 spiro atoms. The normalized spacial score (nSPS) is 25.4. The number of hydrogen-bond donors (Lipinski definition) is 1. The fraction of sp³-hybridized carbons (Fsp3) is 0.647. The summed E-state index contributed by atoms with van der Waals surface area (Å²) in [6, 6.07) is 6.33. The highest BCUT2D eigenvalue weighted by atomic mass is 35.5. The summed E-state index contributed by atoms with van der Waals surface area (Å²) in [7, 11) is 1.73. The molecule has 0 saturated carbocycles. The van der Waals surface area contributed by atoms with E-state index in [9.17, 15) is 0 Å². The fourth-order valence-corrected chi connectivity index (χ4v) is 3.33. The van der Waals surface area contributed by atoms with Gasteiger partial charge in [-0.25, -0.2) is 0 Å². The Labute approximate surface area is 133 Å². The van der Waals surface area contributed by atoms with E-state index in [1.807, 2.05) is 6.07 Å². The van der Waals surface area contributed by atoms with Crippen molar-refractivity contribution in [2.75, 3.05) is 33.4 Å².